The maximum Gasteiger partial charge on any atom is 0.161 e. The summed E-state index contributed by atoms with van der Waals surface area (Å²) >= 11 is 6.04. The third-order valence-electron chi connectivity index (χ3n) is 4.11. The van der Waals surface area contributed by atoms with Gasteiger partial charge in [-0.3, -0.25) is 4.98 Å². The average Bonchev–Trinajstić information content (AvgIpc) is 2.68. The minimum Gasteiger partial charge on any atom is -0.493 e. The third kappa shape index (κ3) is 5.42. The molecule has 0 atom stereocenters. The first-order valence-corrected chi connectivity index (χ1v) is 8.97. The highest BCUT2D eigenvalue weighted by atomic mass is 35.5. The van der Waals surface area contributed by atoms with Crippen LogP contribution in [0.5, 0.6) is 11.5 Å². The number of aromatic nitrogens is 1. The van der Waals surface area contributed by atoms with Crippen LogP contribution in [-0.2, 0) is 19.7 Å². The molecule has 4 nitrogen and oxygen atoms in total. The van der Waals surface area contributed by atoms with Gasteiger partial charge < -0.3 is 14.8 Å². The zero-order valence-corrected chi connectivity index (χ0v) is 15.7. The lowest BCUT2D eigenvalue weighted by Crippen LogP contribution is -2.80. The molecule has 0 amide bonds. The first kappa shape index (κ1) is 19.1. The quantitative estimate of drug-likeness (QED) is 0.640. The first-order valence-electron chi connectivity index (χ1n) is 8.60. The maximum absolute atomic E-state index is 13.1. The Morgan fingerprint density at radius 1 is 1.04 bits per heavy atom. The molecule has 27 heavy (non-hydrogen) atoms. The van der Waals surface area contributed by atoms with E-state index in [-0.39, 0.29) is 12.4 Å². The molecule has 0 saturated carbocycles. The van der Waals surface area contributed by atoms with Gasteiger partial charge in [-0.05, 0) is 36.4 Å². The summed E-state index contributed by atoms with van der Waals surface area (Å²) in [4.78, 5) is 4.12. The van der Waals surface area contributed by atoms with E-state index >= 15 is 0 Å². The van der Waals surface area contributed by atoms with Gasteiger partial charge in [0.2, 0.25) is 0 Å². The van der Waals surface area contributed by atoms with Crippen molar-refractivity contribution in [1.29, 1.82) is 0 Å². The lowest BCUT2D eigenvalue weighted by atomic mass is 10.2. The van der Waals surface area contributed by atoms with Crippen molar-refractivity contribution in [3.05, 3.63) is 88.5 Å². The van der Waals surface area contributed by atoms with E-state index in [4.69, 9.17) is 21.1 Å². The fraction of sp³-hybridized carbons (Fsp3) is 0.190. The summed E-state index contributed by atoms with van der Waals surface area (Å²) in [6.45, 7) is 1.91. The molecule has 0 bridgehead atoms. The molecule has 0 aliphatic heterocycles. The molecule has 1 aromatic heterocycles. The molecule has 0 aliphatic carbocycles. The number of ether oxygens (including phenoxy) is 2. The van der Waals surface area contributed by atoms with Crippen LogP contribution in [0.15, 0.2) is 60.9 Å². The number of nitrogens with two attached hydrogens (primary N) is 1. The Morgan fingerprint density at radius 2 is 1.89 bits per heavy atom. The lowest BCUT2D eigenvalue weighted by molar-refractivity contribution is -0.686. The first-order chi connectivity index (χ1) is 13.2. The summed E-state index contributed by atoms with van der Waals surface area (Å²) in [7, 11) is 1.61. The smallest absolute Gasteiger partial charge is 0.161 e. The Bertz CT molecular complexity index is 891. The topological polar surface area (TPSA) is 48.0 Å². The maximum atomic E-state index is 13.1. The van der Waals surface area contributed by atoms with E-state index in [2.05, 4.69) is 16.4 Å². The number of hydrogen-bond acceptors (Lipinski definition) is 3. The van der Waals surface area contributed by atoms with E-state index < -0.39 is 0 Å². The minimum absolute atomic E-state index is 0.238. The van der Waals surface area contributed by atoms with Crippen LogP contribution in [0.2, 0.25) is 5.02 Å². The van der Waals surface area contributed by atoms with Crippen molar-refractivity contribution in [2.24, 2.45) is 0 Å². The third-order valence-corrected chi connectivity index (χ3v) is 4.46. The molecule has 2 N–H and O–H groups in total. The van der Waals surface area contributed by atoms with Crippen LogP contribution in [0.1, 0.15) is 16.7 Å². The van der Waals surface area contributed by atoms with Gasteiger partial charge in [-0.2, -0.15) is 0 Å². The van der Waals surface area contributed by atoms with E-state index in [1.165, 1.54) is 17.7 Å². The monoisotopic (exact) mass is 387 g/mol. The van der Waals surface area contributed by atoms with Crippen molar-refractivity contribution in [3.63, 3.8) is 0 Å². The Hall–Kier alpha value is -2.63. The molecule has 0 aliphatic rings. The number of methoxy groups -OCH3 is 1. The Kier molecular flexibility index (Phi) is 6.63. The summed E-state index contributed by atoms with van der Waals surface area (Å²) in [5.74, 6) is 0.905. The lowest BCUT2D eigenvalue weighted by Gasteiger charge is -2.13. The van der Waals surface area contributed by atoms with Gasteiger partial charge in [0.15, 0.2) is 11.5 Å². The van der Waals surface area contributed by atoms with Crippen molar-refractivity contribution in [2.45, 2.75) is 19.7 Å². The summed E-state index contributed by atoms with van der Waals surface area (Å²) in [5, 5.41) is 2.54. The van der Waals surface area contributed by atoms with Crippen LogP contribution in [-0.4, -0.2) is 12.1 Å². The highest BCUT2D eigenvalue weighted by Crippen LogP contribution is 2.29. The largest absolute Gasteiger partial charge is 0.493 e. The van der Waals surface area contributed by atoms with E-state index in [1.54, 1.807) is 19.4 Å². The molecule has 0 saturated heterocycles. The van der Waals surface area contributed by atoms with Crippen LogP contribution in [0.3, 0.4) is 0 Å². The Labute approximate surface area is 162 Å². The van der Waals surface area contributed by atoms with Crippen LogP contribution in [0.4, 0.5) is 4.39 Å². The second kappa shape index (κ2) is 9.35. The van der Waals surface area contributed by atoms with Crippen molar-refractivity contribution in [2.75, 3.05) is 7.11 Å². The standard InChI is InChI=1S/C21H20ClFN2O2/c1-26-21-9-15(11-25-13-16-3-2-8-24-12-16)4-7-20(21)27-14-17-5-6-18(23)10-19(17)22/h2-10,12,25H,11,13-14H2,1H3/p+1. The highest BCUT2D eigenvalue weighted by Gasteiger charge is 2.09. The van der Waals surface area contributed by atoms with Crippen LogP contribution in [0.25, 0.3) is 0 Å². The van der Waals surface area contributed by atoms with Gasteiger partial charge in [-0.25, -0.2) is 4.39 Å². The second-order valence-corrected chi connectivity index (χ2v) is 6.48. The molecule has 0 spiro atoms. The SMILES string of the molecule is COc1cc(C[NH2+]Cc2cccnc2)ccc1OCc1ccc(F)cc1Cl. The zero-order chi connectivity index (χ0) is 19.1. The van der Waals surface area contributed by atoms with Gasteiger partial charge in [0.25, 0.3) is 0 Å². The van der Waals surface area contributed by atoms with Gasteiger partial charge in [0, 0.05) is 29.1 Å². The summed E-state index contributed by atoms with van der Waals surface area (Å²) in [6.07, 6.45) is 3.64. The van der Waals surface area contributed by atoms with Crippen molar-refractivity contribution < 1.29 is 19.2 Å². The number of halogens is 2. The number of quaternary nitrogens is 1. The predicted octanol–water partition coefficient (Wildman–Crippen LogP) is 3.73. The molecule has 3 aromatic rings. The molecular weight excluding hydrogens is 367 g/mol. The normalized spacial score (nSPS) is 10.6. The number of pyridine rings is 1. The summed E-state index contributed by atoms with van der Waals surface area (Å²) in [6, 6.07) is 14.1. The molecule has 0 fully saturated rings. The van der Waals surface area contributed by atoms with Gasteiger partial charge in [-0.15, -0.1) is 0 Å². The molecule has 140 valence electrons. The molecule has 0 unspecified atom stereocenters. The molecule has 2 aromatic carbocycles. The average molecular weight is 388 g/mol. The van der Waals surface area contributed by atoms with E-state index in [0.29, 0.717) is 22.1 Å². The highest BCUT2D eigenvalue weighted by molar-refractivity contribution is 6.31. The number of hydrogen-bond donors (Lipinski definition) is 1. The molecular formula is C21H21ClFN2O2+. The van der Waals surface area contributed by atoms with Crippen molar-refractivity contribution in [1.82, 2.24) is 4.98 Å². The van der Waals surface area contributed by atoms with Gasteiger partial charge in [0.1, 0.15) is 25.5 Å². The van der Waals surface area contributed by atoms with Crippen LogP contribution >= 0.6 is 11.6 Å². The van der Waals surface area contributed by atoms with Crippen molar-refractivity contribution in [3.8, 4) is 11.5 Å². The van der Waals surface area contributed by atoms with Crippen LogP contribution in [0, 0.1) is 5.82 Å². The number of nitrogens with zero attached hydrogens (tertiary/aromatic N) is 1. The van der Waals surface area contributed by atoms with E-state index in [1.807, 2.05) is 30.5 Å². The second-order valence-electron chi connectivity index (χ2n) is 6.07. The molecule has 1 heterocycles. The predicted molar refractivity (Wildman–Crippen MR) is 102 cm³/mol. The van der Waals surface area contributed by atoms with Gasteiger partial charge in [-0.1, -0.05) is 23.7 Å². The molecule has 3 rings (SSSR count). The minimum atomic E-state index is -0.367. The Balaban J connectivity index is 1.60. The van der Waals surface area contributed by atoms with Crippen LogP contribution < -0.4 is 14.8 Å². The van der Waals surface area contributed by atoms with Crippen molar-refractivity contribution >= 4 is 11.6 Å². The zero-order valence-electron chi connectivity index (χ0n) is 15.0. The fourth-order valence-corrected chi connectivity index (χ4v) is 2.90. The van der Waals surface area contributed by atoms with E-state index in [0.717, 1.165) is 18.7 Å². The molecule has 6 heteroatoms. The summed E-state index contributed by atoms with van der Waals surface area (Å²) < 4.78 is 24.4. The molecule has 0 radical (unpaired) electrons. The Morgan fingerprint density at radius 3 is 2.63 bits per heavy atom. The number of rotatable bonds is 8. The fourth-order valence-electron chi connectivity index (χ4n) is 2.68. The van der Waals surface area contributed by atoms with E-state index in [9.17, 15) is 4.39 Å². The van der Waals surface area contributed by atoms with Gasteiger partial charge >= 0.3 is 0 Å². The number of benzene rings is 2. The van der Waals surface area contributed by atoms with Gasteiger partial charge in [0.05, 0.1) is 12.1 Å². The summed E-state index contributed by atoms with van der Waals surface area (Å²) in [5.41, 5.74) is 3.03.